The second kappa shape index (κ2) is 46.6. The lowest BCUT2D eigenvalue weighted by Crippen LogP contribution is -2.34. The van der Waals surface area contributed by atoms with Gasteiger partial charge >= 0.3 is 39.6 Å². The topological polar surface area (TPSA) is 510 Å². The third-order valence-corrected chi connectivity index (χ3v) is 24.8. The van der Waals surface area contributed by atoms with Gasteiger partial charge in [0.2, 0.25) is 11.8 Å². The molecule has 0 aliphatic carbocycles. The van der Waals surface area contributed by atoms with Crippen LogP contribution in [0.2, 0.25) is 0 Å². The molecule has 2 aromatic carbocycles. The van der Waals surface area contributed by atoms with E-state index in [1.54, 1.807) is 156 Å². The number of hydrogen-bond acceptors (Lipinski definition) is 31. The molecule has 0 saturated carbocycles. The zero-order valence-corrected chi connectivity index (χ0v) is 84.1. The molecule has 0 unspecified atom stereocenters. The monoisotopic (exact) mass is 2090 g/mol. The average Bonchev–Trinajstić information content (AvgIpc) is 1.60. The first-order chi connectivity index (χ1) is 67.4. The highest BCUT2D eigenvalue weighted by Gasteiger charge is 2.49. The zero-order chi connectivity index (χ0) is 105. The van der Waals surface area contributed by atoms with Gasteiger partial charge in [-0.25, -0.2) is 51.3 Å². The molecule has 0 bridgehead atoms. The Bertz CT molecular complexity index is 7280. The van der Waals surface area contributed by atoms with Gasteiger partial charge in [0.1, 0.15) is 105 Å². The number of carboxylic acid groups (broad SMARTS) is 2. The van der Waals surface area contributed by atoms with Crippen molar-refractivity contribution in [1.29, 1.82) is 0 Å². The van der Waals surface area contributed by atoms with Crippen molar-refractivity contribution in [2.24, 2.45) is 67.8 Å². The standard InChI is InChI=1S/C26H27F2N5O2S.C21H19F2N5S.C9H8F3N3O3S2.C8H9N3OS.C6H8N2O2.C5H7N3O.C5H7N3S.C5H6N2O2.C4H4N2O2/c1-15-23(29-24(36-15)19-9-11-31(5)30-19)32-12-10-20-16(14-32)13-21(22-17(27)7-6-8-18(22)28)33(20)25(34)35-26(2,3)4;1-12-20(25-21(29-12)17-6-8-27(2)26-17)28-9-7-16-13(11-28)10-18(24-16)19-14(22)4-3-5-15(19)23;1-5-7(18-20(16,17)9(10,11)12)13-8(19-5)6-3-4-15(2)14-6;1-5-7(12)9-8(13-5)6-3-4-11(2)10-6;1-8-4-3-5(7-8)6(9)10-2;2*1-8-3-2-4(7-8)5(6)9;1-7-3-2-4(6-7)5(8)9;7-4(8)3-1-2-5-6-3/h6-9,11,13H,10,12,14H2,1-5H3;3-6,8,10,24H,7,9,11H2,1-2H3;3-4H,1-2H3;3-4,12H,1-2H3;3-4H,1-2H3;2*2-3H,1H3,(H2,6,9);2-3H,1H3,(H,8,9);1-2H,(H,5,6)(H,7,8). The summed E-state index contributed by atoms with van der Waals surface area (Å²) in [6.07, 6.45) is 16.0. The number of H-pyrrole nitrogens is 2. The van der Waals surface area contributed by atoms with E-state index in [0.29, 0.717) is 65.2 Å². The number of aromatic amines is 2. The fourth-order valence-corrected chi connectivity index (χ4v) is 17.2. The maximum absolute atomic E-state index is 14.8. The number of aromatic nitrogens is 24. The number of esters is 1. The van der Waals surface area contributed by atoms with Crippen LogP contribution in [0.4, 0.5) is 47.2 Å². The molecular weight excluding hydrogens is 1990 g/mol. The van der Waals surface area contributed by atoms with Gasteiger partial charge < -0.3 is 55.2 Å². The number of aromatic hydroxyl groups is 1. The van der Waals surface area contributed by atoms with Crippen molar-refractivity contribution in [3.63, 3.8) is 0 Å². The molecule has 0 radical (unpaired) electrons. The molecule has 0 spiro atoms. The molecule has 2 aliphatic heterocycles. The van der Waals surface area contributed by atoms with Crippen LogP contribution in [0.25, 0.3) is 65.3 Å². The van der Waals surface area contributed by atoms with Crippen molar-refractivity contribution < 1.29 is 92.1 Å². The molecule has 143 heavy (non-hydrogen) atoms. The SMILES string of the molecule is COC(=O)c1ccn(C)n1.Cc1sc(-c2ccn(C)n2)nc1N1CCc2[nH]c(-c3c(F)cccc3F)cc2C1.Cc1sc(-c2ccn(C)n2)nc1N1CCc2c(cc(-c3c(F)cccc3F)n2C(=O)OC(C)(C)C)C1.Cc1sc(-c2ccn(C)n2)nc1O.Cc1sc(-c2ccn(C)n2)nc1OS(=O)(=O)C(F)(F)F.Cn1ccc(C(=O)O)n1.Cn1ccc(C(N)=O)n1.Cn1ccc(C(N)=S)n1.O=C(O)c1ccn[nH]1. The molecule has 19 rings (SSSR count). The number of alkyl halides is 3. The molecule has 9 N–H and O–H groups in total. The number of nitrogens with two attached hydrogens (primary N) is 2. The molecule has 17 heterocycles. The van der Waals surface area contributed by atoms with Gasteiger partial charge in [-0.15, -0.1) is 45.3 Å². The van der Waals surface area contributed by atoms with Gasteiger partial charge in [-0.05, 0) is 151 Å². The van der Waals surface area contributed by atoms with E-state index in [1.165, 1.54) is 98.7 Å². The third-order valence-electron chi connectivity index (χ3n) is 19.8. The molecule has 754 valence electrons. The summed E-state index contributed by atoms with van der Waals surface area (Å²) in [4.78, 5) is 83.0. The molecule has 0 atom stereocenters. The highest BCUT2D eigenvalue weighted by Crippen LogP contribution is 2.41. The van der Waals surface area contributed by atoms with Gasteiger partial charge in [-0.3, -0.25) is 47.3 Å². The van der Waals surface area contributed by atoms with Gasteiger partial charge in [-0.1, -0.05) is 24.4 Å². The first-order valence-electron chi connectivity index (χ1n) is 42.2. The zero-order valence-electron chi connectivity index (χ0n) is 79.2. The number of amides is 1. The molecule has 1 amide bonds. The normalized spacial score (nSPS) is 11.9. The van der Waals surface area contributed by atoms with Crippen LogP contribution in [0.1, 0.15) is 110 Å². The molecule has 17 aromatic rings. The summed E-state index contributed by atoms with van der Waals surface area (Å²) in [6.45, 7) is 15.1. The summed E-state index contributed by atoms with van der Waals surface area (Å²) in [5, 5.41) is 66.5. The number of nitrogens with one attached hydrogen (secondary N) is 2. The number of nitrogens with zero attached hydrogens (tertiary/aromatic N) is 24. The van der Waals surface area contributed by atoms with Crippen molar-refractivity contribution in [1.82, 2.24) is 118 Å². The number of aromatic carboxylic acids is 2. The second-order valence-electron chi connectivity index (χ2n) is 31.9. The van der Waals surface area contributed by atoms with Crippen LogP contribution in [0.3, 0.4) is 0 Å². The molecule has 41 nitrogen and oxygen atoms in total. The lowest BCUT2D eigenvalue weighted by Gasteiger charge is -2.29. The Morgan fingerprint density at radius 2 is 0.916 bits per heavy atom. The number of aryl methyl sites for hydroxylation is 12. The molecule has 54 heteroatoms. The smallest absolute Gasteiger partial charge is 0.492 e. The molecule has 15 aromatic heterocycles. The Morgan fingerprint density at radius 1 is 0.503 bits per heavy atom. The Morgan fingerprint density at radius 3 is 1.28 bits per heavy atom. The third kappa shape index (κ3) is 28.4. The van der Waals surface area contributed by atoms with E-state index < -0.39 is 80.3 Å². The summed E-state index contributed by atoms with van der Waals surface area (Å²) in [5.74, 6) is -4.15. The summed E-state index contributed by atoms with van der Waals surface area (Å²) < 4.78 is 145. The van der Waals surface area contributed by atoms with Crippen LogP contribution in [0, 0.1) is 51.0 Å². The van der Waals surface area contributed by atoms with E-state index in [4.69, 9.17) is 36.4 Å². The van der Waals surface area contributed by atoms with Crippen molar-refractivity contribution in [3.05, 3.63) is 253 Å². The van der Waals surface area contributed by atoms with Gasteiger partial charge in [0.15, 0.2) is 11.4 Å². The van der Waals surface area contributed by atoms with Crippen molar-refractivity contribution in [3.8, 4) is 77.1 Å². The van der Waals surface area contributed by atoms with Gasteiger partial charge in [0, 0.05) is 172 Å². The van der Waals surface area contributed by atoms with Gasteiger partial charge in [0.05, 0.1) is 39.4 Å². The van der Waals surface area contributed by atoms with E-state index >= 15 is 0 Å². The van der Waals surface area contributed by atoms with E-state index in [2.05, 4.69) is 104 Å². The Balaban J connectivity index is 0.000000163. The number of benzene rings is 2. The number of primary amides is 1. The minimum Gasteiger partial charge on any atom is -0.492 e. The Labute approximate surface area is 832 Å². The number of thiocarbonyl (C=S) groups is 1. The maximum atomic E-state index is 14.8. The van der Waals surface area contributed by atoms with E-state index in [-0.39, 0.29) is 44.0 Å². The predicted octanol–water partition coefficient (Wildman–Crippen LogP) is 14.3. The van der Waals surface area contributed by atoms with E-state index in [1.807, 2.05) is 84.9 Å². The number of thiazole rings is 4. The van der Waals surface area contributed by atoms with Crippen LogP contribution in [0.5, 0.6) is 11.8 Å². The minimum atomic E-state index is -5.72. The first-order valence-corrected chi connectivity index (χ1v) is 47.3. The number of carbonyl (C=O) groups excluding carboxylic acids is 3. The van der Waals surface area contributed by atoms with Crippen LogP contribution < -0.4 is 25.5 Å². The maximum Gasteiger partial charge on any atom is 0.534 e. The fourth-order valence-electron chi connectivity index (χ4n) is 13.2. The number of hydrogen-bond donors (Lipinski definition) is 7. The fraction of sp³-hybridized carbons (Fsp3) is 0.270. The number of halogens is 7. The highest BCUT2D eigenvalue weighted by atomic mass is 32.2. The number of anilines is 2. The lowest BCUT2D eigenvalue weighted by atomic mass is 10.1. The number of carbonyl (C=O) groups is 5. The molecule has 0 saturated heterocycles. The lowest BCUT2D eigenvalue weighted by molar-refractivity contribution is -0.0501. The summed E-state index contributed by atoms with van der Waals surface area (Å²) in [7, 11) is 9.84. The Kier molecular flexibility index (Phi) is 35.1. The van der Waals surface area contributed by atoms with Crippen LogP contribution >= 0.6 is 57.6 Å². The highest BCUT2D eigenvalue weighted by molar-refractivity contribution is 7.88. The second-order valence-corrected chi connectivity index (χ2v) is 38.7. The van der Waals surface area contributed by atoms with Crippen LogP contribution in [0.15, 0.2) is 159 Å². The van der Waals surface area contributed by atoms with E-state index in [0.717, 1.165) is 99.5 Å². The van der Waals surface area contributed by atoms with Crippen molar-refractivity contribution in [2.75, 3.05) is 30.0 Å². The predicted molar refractivity (Wildman–Crippen MR) is 522 cm³/mol. The summed E-state index contributed by atoms with van der Waals surface area (Å²) in [5.41, 5.74) is 12.3. The van der Waals surface area contributed by atoms with Gasteiger partial charge in [-0.2, -0.15) is 77.4 Å². The number of fused-ring (bicyclic) bond motifs is 2. The summed E-state index contributed by atoms with van der Waals surface area (Å²) >= 11 is 10.3. The van der Waals surface area contributed by atoms with Crippen LogP contribution in [-0.4, -0.2) is 208 Å². The minimum absolute atomic E-state index is 0.00396. The van der Waals surface area contributed by atoms with Gasteiger partial charge in [0.25, 0.3) is 5.91 Å². The number of methoxy groups -OCH3 is 1. The molecule has 2 aliphatic rings. The largest absolute Gasteiger partial charge is 0.534 e. The average molecular weight is 2090 g/mol. The number of ether oxygens (including phenoxy) is 2. The van der Waals surface area contributed by atoms with E-state index in [9.17, 15) is 68.2 Å². The number of carboxylic acids is 2. The van der Waals surface area contributed by atoms with Crippen LogP contribution in [-0.2, 0) is 102 Å². The quantitative estimate of drug-likeness (QED) is 0.0165. The summed E-state index contributed by atoms with van der Waals surface area (Å²) in [6, 6.07) is 26.3. The van der Waals surface area contributed by atoms with Crippen molar-refractivity contribution in [2.45, 2.75) is 85.5 Å². The Hall–Kier alpha value is -15.7. The van der Waals surface area contributed by atoms with Crippen molar-refractivity contribution >= 4 is 114 Å². The molecule has 0 fully saturated rings. The molecular formula is C89H95F7N28O13S6. The first kappa shape index (κ1) is 108. The number of rotatable bonds is 15.